The monoisotopic (exact) mass is 256 g/mol. The molecule has 0 bridgehead atoms. The summed E-state index contributed by atoms with van der Waals surface area (Å²) >= 11 is 0. The van der Waals surface area contributed by atoms with Crippen molar-refractivity contribution in [1.29, 1.82) is 0 Å². The zero-order valence-electron chi connectivity index (χ0n) is 10.3. The molecule has 0 unspecified atom stereocenters. The Hall–Kier alpha value is -2.70. The summed E-state index contributed by atoms with van der Waals surface area (Å²) in [5.74, 6) is 0.760. The maximum absolute atomic E-state index is 12.1. The summed E-state index contributed by atoms with van der Waals surface area (Å²) in [6.45, 7) is 0.329. The summed E-state index contributed by atoms with van der Waals surface area (Å²) in [6, 6.07) is 5.60. The van der Waals surface area contributed by atoms with Gasteiger partial charge in [0.2, 0.25) is 0 Å². The average Bonchev–Trinajstić information content (AvgIpc) is 2.76. The topological polar surface area (TPSA) is 77.1 Å². The molecule has 96 valence electrons. The predicted octanol–water partition coefficient (Wildman–Crippen LogP) is 0.376. The van der Waals surface area contributed by atoms with Gasteiger partial charge in [-0.15, -0.1) is 5.10 Å². The smallest absolute Gasteiger partial charge is 0.350 e. The Kier molecular flexibility index (Phi) is 2.71. The van der Waals surface area contributed by atoms with Gasteiger partial charge < -0.3 is 5.32 Å². The molecule has 0 saturated heterocycles. The molecule has 0 aliphatic carbocycles. The summed E-state index contributed by atoms with van der Waals surface area (Å²) in [7, 11) is 1.80. The standard InChI is InChI=1S/C12H12N6O/c1-13-10-4-2-3-9(15-10)8-18-12(19)17-6-5-14-7-11(17)16-18/h2-7H,8H2,1H3,(H,13,15). The lowest BCUT2D eigenvalue weighted by molar-refractivity contribution is 0.647. The lowest BCUT2D eigenvalue weighted by atomic mass is 10.3. The van der Waals surface area contributed by atoms with Crippen molar-refractivity contribution in [3.63, 3.8) is 0 Å². The second-order valence-corrected chi connectivity index (χ2v) is 4.01. The van der Waals surface area contributed by atoms with E-state index in [1.54, 1.807) is 25.6 Å². The third-order valence-electron chi connectivity index (χ3n) is 2.76. The van der Waals surface area contributed by atoms with Crippen molar-refractivity contribution < 1.29 is 0 Å². The van der Waals surface area contributed by atoms with Crippen LogP contribution in [0.3, 0.4) is 0 Å². The lowest BCUT2D eigenvalue weighted by Crippen LogP contribution is -2.22. The van der Waals surface area contributed by atoms with E-state index in [0.29, 0.717) is 12.2 Å². The van der Waals surface area contributed by atoms with Crippen LogP contribution in [0, 0.1) is 0 Å². The van der Waals surface area contributed by atoms with Crippen LogP contribution < -0.4 is 11.0 Å². The van der Waals surface area contributed by atoms with E-state index in [1.165, 1.54) is 9.08 Å². The molecule has 7 nitrogen and oxygen atoms in total. The fraction of sp³-hybridized carbons (Fsp3) is 0.167. The number of hydrogen-bond acceptors (Lipinski definition) is 5. The molecule has 0 saturated carbocycles. The molecule has 1 N–H and O–H groups in total. The molecule has 0 amide bonds. The Bertz CT molecular complexity index is 775. The lowest BCUT2D eigenvalue weighted by Gasteiger charge is -2.02. The van der Waals surface area contributed by atoms with Crippen molar-refractivity contribution in [3.05, 3.63) is 53.0 Å². The van der Waals surface area contributed by atoms with E-state index >= 15 is 0 Å². The quantitative estimate of drug-likeness (QED) is 0.733. The average molecular weight is 256 g/mol. The normalized spacial score (nSPS) is 10.8. The fourth-order valence-electron chi connectivity index (χ4n) is 1.84. The summed E-state index contributed by atoms with van der Waals surface area (Å²) in [4.78, 5) is 20.4. The second-order valence-electron chi connectivity index (χ2n) is 4.01. The number of hydrogen-bond donors (Lipinski definition) is 1. The van der Waals surface area contributed by atoms with Crippen LogP contribution in [0.2, 0.25) is 0 Å². The van der Waals surface area contributed by atoms with Crippen molar-refractivity contribution >= 4 is 11.5 Å². The van der Waals surface area contributed by atoms with Gasteiger partial charge >= 0.3 is 5.69 Å². The highest BCUT2D eigenvalue weighted by molar-refractivity contribution is 5.35. The van der Waals surface area contributed by atoms with Gasteiger partial charge in [0.05, 0.1) is 18.4 Å². The van der Waals surface area contributed by atoms with Crippen LogP contribution in [0.1, 0.15) is 5.69 Å². The summed E-state index contributed by atoms with van der Waals surface area (Å²) in [5.41, 5.74) is 1.09. The first-order valence-corrected chi connectivity index (χ1v) is 5.81. The highest BCUT2D eigenvalue weighted by atomic mass is 16.2. The number of anilines is 1. The van der Waals surface area contributed by atoms with Gasteiger partial charge in [-0.1, -0.05) is 6.07 Å². The molecule has 3 aromatic rings. The van der Waals surface area contributed by atoms with Gasteiger partial charge in [0.25, 0.3) is 0 Å². The van der Waals surface area contributed by atoms with Gasteiger partial charge in [-0.2, -0.15) is 0 Å². The van der Waals surface area contributed by atoms with E-state index in [1.807, 2.05) is 18.2 Å². The van der Waals surface area contributed by atoms with Crippen molar-refractivity contribution in [3.8, 4) is 0 Å². The molecule has 3 heterocycles. The summed E-state index contributed by atoms with van der Waals surface area (Å²) in [6.07, 6.45) is 4.70. The number of nitrogens with one attached hydrogen (secondary N) is 1. The van der Waals surface area contributed by atoms with E-state index in [4.69, 9.17) is 0 Å². The fourth-order valence-corrected chi connectivity index (χ4v) is 1.84. The zero-order valence-corrected chi connectivity index (χ0v) is 10.3. The summed E-state index contributed by atoms with van der Waals surface area (Å²) < 4.78 is 2.83. The van der Waals surface area contributed by atoms with Gasteiger partial charge in [0.15, 0.2) is 5.65 Å². The van der Waals surface area contributed by atoms with E-state index < -0.39 is 0 Å². The third-order valence-corrected chi connectivity index (χ3v) is 2.76. The van der Waals surface area contributed by atoms with Crippen LogP contribution in [-0.2, 0) is 6.54 Å². The van der Waals surface area contributed by atoms with Crippen molar-refractivity contribution in [2.75, 3.05) is 12.4 Å². The van der Waals surface area contributed by atoms with Crippen LogP contribution in [0.5, 0.6) is 0 Å². The molecular weight excluding hydrogens is 244 g/mol. The molecule has 0 aliphatic rings. The molecule has 19 heavy (non-hydrogen) atoms. The first-order valence-electron chi connectivity index (χ1n) is 5.81. The molecule has 0 atom stereocenters. The van der Waals surface area contributed by atoms with Gasteiger partial charge in [-0.05, 0) is 12.1 Å². The largest absolute Gasteiger partial charge is 0.373 e. The third kappa shape index (κ3) is 2.05. The number of nitrogens with zero attached hydrogens (tertiary/aromatic N) is 5. The Labute approximate surface area is 108 Å². The molecule has 0 aliphatic heterocycles. The van der Waals surface area contributed by atoms with Gasteiger partial charge in [0, 0.05) is 19.4 Å². The highest BCUT2D eigenvalue weighted by Gasteiger charge is 2.07. The highest BCUT2D eigenvalue weighted by Crippen LogP contribution is 2.04. The molecule has 7 heteroatoms. The Morgan fingerprint density at radius 3 is 3.05 bits per heavy atom. The minimum atomic E-state index is -0.200. The Balaban J connectivity index is 2.01. The Morgan fingerprint density at radius 1 is 1.37 bits per heavy atom. The number of pyridine rings is 1. The molecule has 0 aromatic carbocycles. The summed E-state index contributed by atoms with van der Waals surface area (Å²) in [5, 5.41) is 7.17. The minimum absolute atomic E-state index is 0.200. The number of fused-ring (bicyclic) bond motifs is 1. The maximum Gasteiger partial charge on any atom is 0.350 e. The van der Waals surface area contributed by atoms with Crippen molar-refractivity contribution in [2.45, 2.75) is 6.54 Å². The van der Waals surface area contributed by atoms with Crippen LogP contribution in [-0.4, -0.2) is 31.2 Å². The number of aromatic nitrogens is 5. The van der Waals surface area contributed by atoms with Crippen LogP contribution in [0.25, 0.3) is 5.65 Å². The first kappa shape index (κ1) is 11.4. The zero-order chi connectivity index (χ0) is 13.2. The van der Waals surface area contributed by atoms with E-state index in [9.17, 15) is 4.79 Å². The Morgan fingerprint density at radius 2 is 2.26 bits per heavy atom. The molecule has 3 rings (SSSR count). The predicted molar refractivity (Wildman–Crippen MR) is 70.1 cm³/mol. The minimum Gasteiger partial charge on any atom is -0.373 e. The molecule has 0 fully saturated rings. The van der Waals surface area contributed by atoms with Gasteiger partial charge in [0.1, 0.15) is 5.82 Å². The second kappa shape index (κ2) is 4.52. The van der Waals surface area contributed by atoms with E-state index in [2.05, 4.69) is 20.4 Å². The maximum atomic E-state index is 12.1. The van der Waals surface area contributed by atoms with Crippen LogP contribution in [0.15, 0.2) is 41.6 Å². The van der Waals surface area contributed by atoms with Crippen LogP contribution in [0.4, 0.5) is 5.82 Å². The molecule has 0 radical (unpaired) electrons. The first-order chi connectivity index (χ1) is 9.28. The molecule has 3 aromatic heterocycles. The van der Waals surface area contributed by atoms with Gasteiger partial charge in [-0.25, -0.2) is 18.9 Å². The number of rotatable bonds is 3. The van der Waals surface area contributed by atoms with Crippen molar-refractivity contribution in [1.82, 2.24) is 24.1 Å². The molecule has 0 spiro atoms. The molecular formula is C12H12N6O. The van der Waals surface area contributed by atoms with E-state index in [0.717, 1.165) is 11.5 Å². The SMILES string of the molecule is CNc1cccc(Cn2nc3cnccn3c2=O)n1. The van der Waals surface area contributed by atoms with E-state index in [-0.39, 0.29) is 5.69 Å². The van der Waals surface area contributed by atoms with Crippen LogP contribution >= 0.6 is 0 Å². The van der Waals surface area contributed by atoms with Gasteiger partial charge in [-0.3, -0.25) is 4.98 Å². The van der Waals surface area contributed by atoms with Crippen molar-refractivity contribution in [2.24, 2.45) is 0 Å².